The van der Waals surface area contributed by atoms with Crippen LogP contribution in [0.2, 0.25) is 0 Å². The number of fused-ring (bicyclic) bond motifs is 6. The molecule has 2 heterocycles. The second-order valence-electron chi connectivity index (χ2n) is 13.1. The summed E-state index contributed by atoms with van der Waals surface area (Å²) in [4.78, 5) is 36.6. The van der Waals surface area contributed by atoms with E-state index < -0.39 is 34.0 Å². The van der Waals surface area contributed by atoms with Crippen molar-refractivity contribution in [2.45, 2.75) is 64.1 Å². The normalized spacial score (nSPS) is 34.3. The first-order chi connectivity index (χ1) is 20.5. The number of carboxylic acid groups (broad SMARTS) is 1. The third kappa shape index (κ3) is 3.80. The molecule has 3 aromatic rings. The van der Waals surface area contributed by atoms with Gasteiger partial charge in [0.05, 0.1) is 34.9 Å². The van der Waals surface area contributed by atoms with Crippen molar-refractivity contribution in [1.82, 2.24) is 9.78 Å². The van der Waals surface area contributed by atoms with Crippen LogP contribution < -0.4 is 0 Å². The van der Waals surface area contributed by atoms with E-state index in [0.717, 1.165) is 29.8 Å². The lowest BCUT2D eigenvalue weighted by Crippen LogP contribution is -2.63. The second-order valence-corrected chi connectivity index (χ2v) is 13.1. The van der Waals surface area contributed by atoms with Gasteiger partial charge >= 0.3 is 11.9 Å². The summed E-state index contributed by atoms with van der Waals surface area (Å²) in [6.45, 7) is 4.07. The minimum atomic E-state index is -1.77. The molecule has 224 valence electrons. The number of nitro groups is 1. The molecule has 3 saturated carbocycles. The monoisotopic (exact) mass is 587 g/mol. The van der Waals surface area contributed by atoms with Crippen molar-refractivity contribution in [2.24, 2.45) is 28.6 Å². The van der Waals surface area contributed by atoms with Gasteiger partial charge in [-0.1, -0.05) is 19.4 Å². The highest BCUT2D eigenvalue weighted by atomic mass is 16.6. The number of nitrogens with zero attached hydrogens (tertiary/aromatic N) is 3. The van der Waals surface area contributed by atoms with Crippen LogP contribution >= 0.6 is 0 Å². The van der Waals surface area contributed by atoms with Crippen molar-refractivity contribution < 1.29 is 33.9 Å². The Morgan fingerprint density at radius 2 is 1.95 bits per heavy atom. The van der Waals surface area contributed by atoms with Crippen LogP contribution in [0.3, 0.4) is 0 Å². The molecule has 3 fully saturated rings. The van der Waals surface area contributed by atoms with E-state index in [1.807, 2.05) is 13.1 Å². The Morgan fingerprint density at radius 3 is 2.63 bits per heavy atom. The summed E-state index contributed by atoms with van der Waals surface area (Å²) in [6.07, 6.45) is 7.73. The van der Waals surface area contributed by atoms with Gasteiger partial charge in [0.2, 0.25) is 11.4 Å². The van der Waals surface area contributed by atoms with E-state index in [0.29, 0.717) is 12.8 Å². The Labute approximate surface area is 247 Å². The number of aliphatic hydroxyl groups is 1. The zero-order valence-corrected chi connectivity index (χ0v) is 23.9. The first-order valence-corrected chi connectivity index (χ1v) is 14.7. The van der Waals surface area contributed by atoms with E-state index in [2.05, 4.69) is 18.1 Å². The zero-order valence-electron chi connectivity index (χ0n) is 23.9. The number of ether oxygens (including phenoxy) is 1. The third-order valence-electron chi connectivity index (χ3n) is 11.2. The first-order valence-electron chi connectivity index (χ1n) is 14.7. The van der Waals surface area contributed by atoms with E-state index in [9.17, 15) is 29.9 Å². The SMILES string of the molecule is C[C@]12Cc3cnn(-c4ccc([N+](=O)[O-])cc4)c3C=C1CCC1C2[C@@H](O)C[C@@]2(C)C1CC[C@]2(OC(=O)c1ccco1)C(=O)O. The maximum absolute atomic E-state index is 13.0. The number of aromatic nitrogens is 2. The molecule has 4 aliphatic rings. The molecule has 11 heteroatoms. The van der Waals surface area contributed by atoms with Crippen molar-refractivity contribution in [3.8, 4) is 5.69 Å². The Balaban J connectivity index is 1.21. The molecule has 2 aromatic heterocycles. The topological polar surface area (TPSA) is 158 Å². The van der Waals surface area contributed by atoms with Gasteiger partial charge in [-0.25, -0.2) is 14.3 Å². The number of carboxylic acids is 1. The summed E-state index contributed by atoms with van der Waals surface area (Å²) in [6, 6.07) is 9.32. The molecule has 7 rings (SSSR count). The predicted molar refractivity (Wildman–Crippen MR) is 152 cm³/mol. The van der Waals surface area contributed by atoms with Crippen LogP contribution in [0.15, 0.2) is 58.8 Å². The lowest BCUT2D eigenvalue weighted by molar-refractivity contribution is -0.384. The number of aliphatic hydroxyl groups excluding tert-OH is 1. The van der Waals surface area contributed by atoms with Crippen LogP contribution in [0.5, 0.6) is 0 Å². The molecule has 11 nitrogen and oxygen atoms in total. The molecule has 43 heavy (non-hydrogen) atoms. The van der Waals surface area contributed by atoms with Crippen molar-refractivity contribution >= 4 is 23.7 Å². The molecule has 0 spiro atoms. The van der Waals surface area contributed by atoms with E-state index in [1.165, 1.54) is 30.0 Å². The molecule has 3 unspecified atom stereocenters. The molecule has 7 atom stereocenters. The van der Waals surface area contributed by atoms with Crippen LogP contribution in [0.4, 0.5) is 5.69 Å². The van der Waals surface area contributed by atoms with E-state index in [1.54, 1.807) is 22.9 Å². The lowest BCUT2D eigenvalue weighted by Gasteiger charge is -2.60. The summed E-state index contributed by atoms with van der Waals surface area (Å²) < 4.78 is 12.8. The van der Waals surface area contributed by atoms with Gasteiger partial charge in [-0.05, 0) is 97.6 Å². The molecule has 0 amide bonds. The molecule has 0 bridgehead atoms. The Hall–Kier alpha value is -4.25. The highest BCUT2D eigenvalue weighted by Crippen LogP contribution is 2.68. The molecule has 0 saturated heterocycles. The number of hydrogen-bond donors (Lipinski definition) is 2. The third-order valence-corrected chi connectivity index (χ3v) is 11.2. The number of carbonyl (C=O) groups is 2. The number of nitro benzene ring substituents is 1. The highest BCUT2D eigenvalue weighted by molar-refractivity contribution is 5.90. The van der Waals surface area contributed by atoms with Gasteiger partial charge in [0.15, 0.2) is 0 Å². The summed E-state index contributed by atoms with van der Waals surface area (Å²) in [5, 5.41) is 38.2. The van der Waals surface area contributed by atoms with Gasteiger partial charge in [-0.3, -0.25) is 10.1 Å². The fourth-order valence-electron chi connectivity index (χ4n) is 9.26. The first kappa shape index (κ1) is 27.6. The van der Waals surface area contributed by atoms with Crippen LogP contribution in [-0.4, -0.2) is 48.6 Å². The molecular formula is C32H33N3O8. The van der Waals surface area contributed by atoms with Gasteiger partial charge in [0.1, 0.15) is 0 Å². The quantitative estimate of drug-likeness (QED) is 0.232. The van der Waals surface area contributed by atoms with Crippen LogP contribution in [0.1, 0.15) is 67.8 Å². The molecule has 0 aliphatic heterocycles. The van der Waals surface area contributed by atoms with Crippen molar-refractivity contribution in [3.63, 3.8) is 0 Å². The molecule has 0 radical (unpaired) electrons. The molecular weight excluding hydrogens is 554 g/mol. The van der Waals surface area contributed by atoms with Gasteiger partial charge < -0.3 is 19.4 Å². The van der Waals surface area contributed by atoms with Crippen LogP contribution in [0.25, 0.3) is 11.8 Å². The fourth-order valence-corrected chi connectivity index (χ4v) is 9.26. The maximum Gasteiger partial charge on any atom is 0.375 e. The molecule has 4 aliphatic carbocycles. The summed E-state index contributed by atoms with van der Waals surface area (Å²) >= 11 is 0. The predicted octanol–water partition coefficient (Wildman–Crippen LogP) is 5.21. The van der Waals surface area contributed by atoms with Gasteiger partial charge in [-0.15, -0.1) is 0 Å². The Bertz CT molecular complexity index is 1660. The number of allylic oxidation sites excluding steroid dienone is 1. The van der Waals surface area contributed by atoms with Crippen molar-refractivity contribution in [1.29, 1.82) is 0 Å². The minimum absolute atomic E-state index is 0.0156. The smallest absolute Gasteiger partial charge is 0.375 e. The van der Waals surface area contributed by atoms with Crippen LogP contribution in [0, 0.1) is 38.7 Å². The Morgan fingerprint density at radius 1 is 1.19 bits per heavy atom. The summed E-state index contributed by atoms with van der Waals surface area (Å²) in [7, 11) is 0. The number of benzene rings is 1. The minimum Gasteiger partial charge on any atom is -0.478 e. The number of furan rings is 1. The highest BCUT2D eigenvalue weighted by Gasteiger charge is 2.71. The number of hydrogen-bond acceptors (Lipinski definition) is 8. The largest absolute Gasteiger partial charge is 0.478 e. The van der Waals surface area contributed by atoms with Gasteiger partial charge in [0.25, 0.3) is 5.69 Å². The summed E-state index contributed by atoms with van der Waals surface area (Å²) in [5.74, 6) is -2.15. The number of carbonyl (C=O) groups excluding carboxylic acids is 1. The fraction of sp³-hybridized carbons (Fsp3) is 0.469. The maximum atomic E-state index is 13.0. The lowest BCUT2D eigenvalue weighted by atomic mass is 9.45. The molecule has 1 aromatic carbocycles. The standard InChI is InChI=1S/C32H33N3O8/c1-30-15-18-17-33-34(20-6-8-21(9-7-20)35(40)41)24(18)14-19(30)5-10-22-23-11-12-32(29(38)39,31(23,2)16-25(36)27(22)30)43-28(37)26-4-3-13-42-26/h3-4,6-9,13-14,17,22-23,25,27,36H,5,10-12,15-16H2,1-2H3,(H,38,39)/t22?,23?,25-,27?,30-,31-,32-/m0/s1. The van der Waals surface area contributed by atoms with Crippen LogP contribution in [-0.2, 0) is 16.0 Å². The second kappa shape index (κ2) is 9.37. The van der Waals surface area contributed by atoms with E-state index in [4.69, 9.17) is 9.15 Å². The summed E-state index contributed by atoms with van der Waals surface area (Å²) in [5.41, 5.74) is 0.848. The number of rotatable bonds is 5. The Kier molecular flexibility index (Phi) is 6.01. The van der Waals surface area contributed by atoms with Crippen molar-refractivity contribution in [3.05, 3.63) is 81.6 Å². The van der Waals surface area contributed by atoms with E-state index in [-0.39, 0.29) is 47.5 Å². The average Bonchev–Trinajstić information content (AvgIpc) is 3.70. The van der Waals surface area contributed by atoms with Gasteiger partial charge in [-0.2, -0.15) is 5.10 Å². The number of esters is 1. The molecule has 2 N–H and O–H groups in total. The number of aliphatic carboxylic acids is 1. The zero-order chi connectivity index (χ0) is 30.3. The van der Waals surface area contributed by atoms with Crippen molar-refractivity contribution in [2.75, 3.05) is 0 Å². The van der Waals surface area contributed by atoms with E-state index >= 15 is 0 Å². The van der Waals surface area contributed by atoms with Gasteiger partial charge in [0, 0.05) is 17.5 Å². The average molecular weight is 588 g/mol. The number of non-ortho nitro benzene ring substituents is 1.